The number of rotatable bonds is 6. The zero-order valence-corrected chi connectivity index (χ0v) is 9.84. The summed E-state index contributed by atoms with van der Waals surface area (Å²) in [5, 5.41) is 12.3. The number of furan rings is 1. The summed E-state index contributed by atoms with van der Waals surface area (Å²) in [6.07, 6.45) is 0.933. The lowest BCUT2D eigenvalue weighted by Crippen LogP contribution is -2.31. The fourth-order valence-electron chi connectivity index (χ4n) is 1.29. The lowest BCUT2D eigenvalue weighted by Gasteiger charge is -2.21. The van der Waals surface area contributed by atoms with Crippen LogP contribution in [0.3, 0.4) is 0 Å². The molecule has 0 saturated carbocycles. The van der Waals surface area contributed by atoms with E-state index < -0.39 is 0 Å². The summed E-state index contributed by atoms with van der Waals surface area (Å²) in [4.78, 5) is 0. The summed E-state index contributed by atoms with van der Waals surface area (Å²) in [7, 11) is 0. The normalized spacial score (nSPS) is 12.0. The summed E-state index contributed by atoms with van der Waals surface area (Å²) < 4.78 is 5.56. The fourth-order valence-corrected chi connectivity index (χ4v) is 1.29. The van der Waals surface area contributed by atoms with Crippen LogP contribution in [0, 0.1) is 5.41 Å². The van der Waals surface area contributed by atoms with E-state index >= 15 is 0 Å². The van der Waals surface area contributed by atoms with Crippen molar-refractivity contribution in [3.63, 3.8) is 0 Å². The minimum Gasteiger partial charge on any atom is -0.465 e. The first-order chi connectivity index (χ1) is 7.07. The molecule has 0 aliphatic rings. The smallest absolute Gasteiger partial charge is 0.117 e. The largest absolute Gasteiger partial charge is 0.465 e. The van der Waals surface area contributed by atoms with Crippen LogP contribution in [0.2, 0.25) is 0 Å². The van der Waals surface area contributed by atoms with Gasteiger partial charge >= 0.3 is 0 Å². The van der Waals surface area contributed by atoms with Crippen molar-refractivity contribution in [1.29, 1.82) is 0 Å². The van der Waals surface area contributed by atoms with Gasteiger partial charge in [0.2, 0.25) is 0 Å². The first-order valence-corrected chi connectivity index (χ1v) is 5.46. The predicted octanol–water partition coefficient (Wildman–Crippen LogP) is 1.95. The van der Waals surface area contributed by atoms with Gasteiger partial charge in [0, 0.05) is 25.0 Å². The van der Waals surface area contributed by atoms with Gasteiger partial charge in [-0.25, -0.2) is 0 Å². The van der Waals surface area contributed by atoms with Crippen LogP contribution < -0.4 is 5.32 Å². The Hall–Kier alpha value is -0.800. The number of aliphatic hydroxyl groups excluding tert-OH is 1. The molecule has 0 unspecified atom stereocenters. The highest BCUT2D eigenvalue weighted by Gasteiger charge is 2.15. The molecular weight excluding hydrogens is 190 g/mol. The summed E-state index contributed by atoms with van der Waals surface area (Å²) in [5.41, 5.74) is -0.0693. The molecule has 0 bridgehead atoms. The van der Waals surface area contributed by atoms with E-state index in [1.165, 1.54) is 0 Å². The molecule has 86 valence electrons. The van der Waals surface area contributed by atoms with Gasteiger partial charge in [0.15, 0.2) is 0 Å². The first-order valence-electron chi connectivity index (χ1n) is 5.46. The van der Waals surface area contributed by atoms with E-state index in [2.05, 4.69) is 12.2 Å². The highest BCUT2D eigenvalue weighted by Crippen LogP contribution is 2.12. The number of aliphatic hydroxyl groups is 1. The SMILES string of the molecule is CCc1ccc(CNCC(C)(C)CO)o1. The zero-order chi connectivity index (χ0) is 11.3. The van der Waals surface area contributed by atoms with E-state index in [4.69, 9.17) is 9.52 Å². The van der Waals surface area contributed by atoms with Gasteiger partial charge in [0.1, 0.15) is 11.5 Å². The van der Waals surface area contributed by atoms with Gasteiger partial charge in [-0.15, -0.1) is 0 Å². The molecule has 0 aliphatic heterocycles. The van der Waals surface area contributed by atoms with Crippen molar-refractivity contribution in [2.75, 3.05) is 13.2 Å². The van der Waals surface area contributed by atoms with Crippen molar-refractivity contribution in [1.82, 2.24) is 5.32 Å². The second-order valence-corrected chi connectivity index (χ2v) is 4.65. The van der Waals surface area contributed by atoms with E-state index in [9.17, 15) is 0 Å². The molecular formula is C12H21NO2. The third-order valence-electron chi connectivity index (χ3n) is 2.40. The number of hydrogen-bond donors (Lipinski definition) is 2. The van der Waals surface area contributed by atoms with E-state index in [0.717, 1.165) is 31.0 Å². The third kappa shape index (κ3) is 4.06. The van der Waals surface area contributed by atoms with Crippen LogP contribution in [-0.2, 0) is 13.0 Å². The Bertz CT molecular complexity index is 292. The quantitative estimate of drug-likeness (QED) is 0.756. The molecule has 0 saturated heterocycles. The second-order valence-electron chi connectivity index (χ2n) is 4.65. The minimum atomic E-state index is -0.0693. The molecule has 2 N–H and O–H groups in total. The molecule has 0 radical (unpaired) electrons. The average molecular weight is 211 g/mol. The maximum Gasteiger partial charge on any atom is 0.117 e. The molecule has 15 heavy (non-hydrogen) atoms. The van der Waals surface area contributed by atoms with Gasteiger partial charge in [-0.3, -0.25) is 0 Å². The third-order valence-corrected chi connectivity index (χ3v) is 2.40. The van der Waals surface area contributed by atoms with Gasteiger partial charge in [-0.1, -0.05) is 20.8 Å². The molecule has 0 spiro atoms. The van der Waals surface area contributed by atoms with Crippen molar-refractivity contribution in [3.8, 4) is 0 Å². The Balaban J connectivity index is 2.31. The molecule has 0 amide bonds. The molecule has 3 heteroatoms. The van der Waals surface area contributed by atoms with Crippen LogP contribution >= 0.6 is 0 Å². The van der Waals surface area contributed by atoms with Crippen molar-refractivity contribution in [2.45, 2.75) is 33.7 Å². The molecule has 3 nitrogen and oxygen atoms in total. The lowest BCUT2D eigenvalue weighted by atomic mass is 9.95. The number of nitrogens with one attached hydrogen (secondary N) is 1. The Morgan fingerprint density at radius 3 is 2.53 bits per heavy atom. The Kier molecular flexibility index (Phi) is 4.36. The molecule has 0 atom stereocenters. The topological polar surface area (TPSA) is 45.4 Å². The summed E-state index contributed by atoms with van der Waals surface area (Å²) in [6, 6.07) is 4.01. The second kappa shape index (κ2) is 5.33. The van der Waals surface area contributed by atoms with Crippen molar-refractivity contribution >= 4 is 0 Å². The molecule has 1 aromatic heterocycles. The molecule has 1 aromatic rings. The minimum absolute atomic E-state index is 0.0693. The molecule has 0 fully saturated rings. The van der Waals surface area contributed by atoms with Gasteiger partial charge in [-0.05, 0) is 12.1 Å². The number of hydrogen-bond acceptors (Lipinski definition) is 3. The highest BCUT2D eigenvalue weighted by atomic mass is 16.3. The van der Waals surface area contributed by atoms with Crippen LogP contribution in [0.5, 0.6) is 0 Å². The lowest BCUT2D eigenvalue weighted by molar-refractivity contribution is 0.156. The molecule has 1 heterocycles. The van der Waals surface area contributed by atoms with Crippen molar-refractivity contribution in [2.24, 2.45) is 5.41 Å². The van der Waals surface area contributed by atoms with Crippen LogP contribution in [0.15, 0.2) is 16.5 Å². The number of aryl methyl sites for hydroxylation is 1. The summed E-state index contributed by atoms with van der Waals surface area (Å²) in [5.74, 6) is 1.98. The van der Waals surface area contributed by atoms with E-state index in [0.29, 0.717) is 0 Å². The van der Waals surface area contributed by atoms with E-state index in [1.54, 1.807) is 0 Å². The Morgan fingerprint density at radius 1 is 1.33 bits per heavy atom. The summed E-state index contributed by atoms with van der Waals surface area (Å²) in [6.45, 7) is 7.83. The first kappa shape index (κ1) is 12.3. The van der Waals surface area contributed by atoms with Crippen LogP contribution in [-0.4, -0.2) is 18.3 Å². The Labute approximate surface area is 91.5 Å². The maximum atomic E-state index is 9.07. The van der Waals surface area contributed by atoms with Crippen LogP contribution in [0.25, 0.3) is 0 Å². The monoisotopic (exact) mass is 211 g/mol. The maximum absolute atomic E-state index is 9.07. The highest BCUT2D eigenvalue weighted by molar-refractivity contribution is 5.06. The van der Waals surface area contributed by atoms with E-state index in [-0.39, 0.29) is 12.0 Å². The Morgan fingerprint density at radius 2 is 2.00 bits per heavy atom. The van der Waals surface area contributed by atoms with Gasteiger partial charge in [0.25, 0.3) is 0 Å². The van der Waals surface area contributed by atoms with Gasteiger partial charge in [0.05, 0.1) is 6.54 Å². The van der Waals surface area contributed by atoms with Crippen LogP contribution in [0.4, 0.5) is 0 Å². The standard InChI is InChI=1S/C12H21NO2/c1-4-10-5-6-11(15-10)7-13-8-12(2,3)9-14/h5-6,13-14H,4,7-9H2,1-3H3. The van der Waals surface area contributed by atoms with Gasteiger partial charge < -0.3 is 14.8 Å². The predicted molar refractivity (Wildman–Crippen MR) is 60.7 cm³/mol. The summed E-state index contributed by atoms with van der Waals surface area (Å²) >= 11 is 0. The fraction of sp³-hybridized carbons (Fsp3) is 0.667. The van der Waals surface area contributed by atoms with Crippen molar-refractivity contribution < 1.29 is 9.52 Å². The average Bonchev–Trinajstić information content (AvgIpc) is 2.66. The van der Waals surface area contributed by atoms with Gasteiger partial charge in [-0.2, -0.15) is 0 Å². The zero-order valence-electron chi connectivity index (χ0n) is 9.84. The van der Waals surface area contributed by atoms with E-state index in [1.807, 2.05) is 26.0 Å². The molecule has 0 aliphatic carbocycles. The molecule has 1 rings (SSSR count). The van der Waals surface area contributed by atoms with Crippen molar-refractivity contribution in [3.05, 3.63) is 23.7 Å². The molecule has 0 aromatic carbocycles. The van der Waals surface area contributed by atoms with Crippen LogP contribution in [0.1, 0.15) is 32.3 Å².